The molecule has 0 spiro atoms. The number of nitrogens with zero attached hydrogens (tertiary/aromatic N) is 2. The molecule has 0 amide bonds. The van der Waals surface area contributed by atoms with Crippen molar-refractivity contribution in [3.8, 4) is 0 Å². The molecule has 1 N–H and O–H groups in total. The summed E-state index contributed by atoms with van der Waals surface area (Å²) in [7, 11) is 2.01. The van der Waals surface area contributed by atoms with E-state index in [1.165, 1.54) is 30.5 Å². The molecule has 1 aromatic heterocycles. The lowest BCUT2D eigenvalue weighted by Crippen LogP contribution is -2.21. The van der Waals surface area contributed by atoms with Crippen LogP contribution in [0.15, 0.2) is 6.20 Å². The highest BCUT2D eigenvalue weighted by Gasteiger charge is 2.27. The second-order valence-corrected chi connectivity index (χ2v) is 4.60. The molecule has 2 rings (SSSR count). The summed E-state index contributed by atoms with van der Waals surface area (Å²) in [6.07, 6.45) is 6.13. The highest BCUT2D eigenvalue weighted by atomic mass is 15.3. The van der Waals surface area contributed by atoms with Crippen LogP contribution in [0.4, 0.5) is 0 Å². The second kappa shape index (κ2) is 4.35. The van der Waals surface area contributed by atoms with E-state index in [0.717, 1.165) is 12.5 Å². The molecular formula is C12H21N3. The fourth-order valence-electron chi connectivity index (χ4n) is 2.11. The van der Waals surface area contributed by atoms with E-state index in [0.29, 0.717) is 6.04 Å². The van der Waals surface area contributed by atoms with Gasteiger partial charge in [0.15, 0.2) is 0 Å². The maximum atomic E-state index is 4.32. The maximum absolute atomic E-state index is 4.32. The fraction of sp³-hybridized carbons (Fsp3) is 0.750. The third kappa shape index (κ3) is 2.40. The molecule has 1 atom stereocenters. The Balaban J connectivity index is 2.11. The molecule has 0 aromatic carbocycles. The van der Waals surface area contributed by atoms with Crippen molar-refractivity contribution >= 4 is 0 Å². The van der Waals surface area contributed by atoms with Crippen molar-refractivity contribution in [3.05, 3.63) is 17.5 Å². The number of hydrogen-bond donors (Lipinski definition) is 1. The van der Waals surface area contributed by atoms with Gasteiger partial charge in [0.1, 0.15) is 0 Å². The van der Waals surface area contributed by atoms with E-state index in [2.05, 4.69) is 24.3 Å². The molecule has 0 saturated heterocycles. The Morgan fingerprint density at radius 1 is 1.60 bits per heavy atom. The van der Waals surface area contributed by atoms with Crippen LogP contribution in [0.2, 0.25) is 0 Å². The Kier molecular flexibility index (Phi) is 3.10. The van der Waals surface area contributed by atoms with Gasteiger partial charge in [0.25, 0.3) is 0 Å². The molecule has 0 bridgehead atoms. The van der Waals surface area contributed by atoms with E-state index in [1.54, 1.807) is 0 Å². The molecular weight excluding hydrogens is 186 g/mol. The first kappa shape index (κ1) is 10.7. The van der Waals surface area contributed by atoms with Crippen molar-refractivity contribution in [3.63, 3.8) is 0 Å². The summed E-state index contributed by atoms with van der Waals surface area (Å²) in [4.78, 5) is 0. The third-order valence-electron chi connectivity index (χ3n) is 3.37. The molecule has 1 aliphatic carbocycles. The maximum Gasteiger partial charge on any atom is 0.0540 e. The van der Waals surface area contributed by atoms with E-state index in [9.17, 15) is 0 Å². The van der Waals surface area contributed by atoms with Gasteiger partial charge in [0, 0.05) is 24.3 Å². The van der Waals surface area contributed by atoms with Crippen LogP contribution < -0.4 is 5.32 Å². The molecule has 1 heterocycles. The van der Waals surface area contributed by atoms with Crippen LogP contribution in [0.5, 0.6) is 0 Å². The largest absolute Gasteiger partial charge is 0.310 e. The van der Waals surface area contributed by atoms with Crippen molar-refractivity contribution in [2.75, 3.05) is 6.54 Å². The Morgan fingerprint density at radius 3 is 2.80 bits per heavy atom. The molecule has 1 unspecified atom stereocenters. The predicted octanol–water partition coefficient (Wildman–Crippen LogP) is 2.18. The van der Waals surface area contributed by atoms with E-state index < -0.39 is 0 Å². The van der Waals surface area contributed by atoms with E-state index in [4.69, 9.17) is 0 Å². The first-order valence-electron chi connectivity index (χ1n) is 5.94. The SMILES string of the molecule is CCNC(CC1CC1)c1cnn(C)c1C. The van der Waals surface area contributed by atoms with Gasteiger partial charge in [-0.15, -0.1) is 0 Å². The molecule has 0 aliphatic heterocycles. The topological polar surface area (TPSA) is 29.9 Å². The summed E-state index contributed by atoms with van der Waals surface area (Å²) >= 11 is 0. The summed E-state index contributed by atoms with van der Waals surface area (Å²) < 4.78 is 1.96. The number of rotatable bonds is 5. The lowest BCUT2D eigenvalue weighted by molar-refractivity contribution is 0.484. The van der Waals surface area contributed by atoms with Crippen molar-refractivity contribution in [2.45, 2.75) is 39.2 Å². The predicted molar refractivity (Wildman–Crippen MR) is 61.7 cm³/mol. The van der Waals surface area contributed by atoms with Crippen LogP contribution in [-0.2, 0) is 7.05 Å². The first-order chi connectivity index (χ1) is 7.22. The average Bonchev–Trinajstić information content (AvgIpc) is 2.96. The molecule has 1 aliphatic rings. The molecule has 1 saturated carbocycles. The van der Waals surface area contributed by atoms with E-state index in [1.807, 2.05) is 17.9 Å². The van der Waals surface area contributed by atoms with Gasteiger partial charge >= 0.3 is 0 Å². The number of aryl methyl sites for hydroxylation is 1. The summed E-state index contributed by atoms with van der Waals surface area (Å²) in [6.45, 7) is 5.36. The first-order valence-corrected chi connectivity index (χ1v) is 5.94. The Labute approximate surface area is 91.9 Å². The van der Waals surface area contributed by atoms with Crippen LogP contribution in [0.1, 0.15) is 43.5 Å². The molecule has 1 aromatic rings. The minimum Gasteiger partial charge on any atom is -0.310 e. The van der Waals surface area contributed by atoms with Crippen LogP contribution in [0.25, 0.3) is 0 Å². The normalized spacial score (nSPS) is 18.1. The Bertz CT molecular complexity index is 326. The lowest BCUT2D eigenvalue weighted by Gasteiger charge is -2.17. The smallest absolute Gasteiger partial charge is 0.0540 e. The zero-order valence-corrected chi connectivity index (χ0v) is 9.95. The van der Waals surface area contributed by atoms with Gasteiger partial charge in [0.2, 0.25) is 0 Å². The van der Waals surface area contributed by atoms with Gasteiger partial charge in [0.05, 0.1) is 6.20 Å². The van der Waals surface area contributed by atoms with Crippen LogP contribution in [-0.4, -0.2) is 16.3 Å². The van der Waals surface area contributed by atoms with Crippen molar-refractivity contribution in [2.24, 2.45) is 13.0 Å². The summed E-state index contributed by atoms with van der Waals surface area (Å²) in [5.74, 6) is 0.952. The highest BCUT2D eigenvalue weighted by Crippen LogP contribution is 2.38. The van der Waals surface area contributed by atoms with Gasteiger partial charge in [-0.05, 0) is 25.8 Å². The molecule has 0 radical (unpaired) electrons. The van der Waals surface area contributed by atoms with Gasteiger partial charge in [-0.3, -0.25) is 4.68 Å². The summed E-state index contributed by atoms with van der Waals surface area (Å²) in [5.41, 5.74) is 2.67. The van der Waals surface area contributed by atoms with Crippen molar-refractivity contribution in [1.82, 2.24) is 15.1 Å². The van der Waals surface area contributed by atoms with Crippen LogP contribution >= 0.6 is 0 Å². The van der Waals surface area contributed by atoms with Gasteiger partial charge in [-0.1, -0.05) is 19.8 Å². The molecule has 1 fully saturated rings. The van der Waals surface area contributed by atoms with Crippen LogP contribution in [0, 0.1) is 12.8 Å². The van der Waals surface area contributed by atoms with Gasteiger partial charge in [-0.2, -0.15) is 5.10 Å². The lowest BCUT2D eigenvalue weighted by atomic mass is 10.0. The zero-order chi connectivity index (χ0) is 10.8. The summed E-state index contributed by atoms with van der Waals surface area (Å²) in [6, 6.07) is 0.510. The van der Waals surface area contributed by atoms with E-state index >= 15 is 0 Å². The monoisotopic (exact) mass is 207 g/mol. The number of aromatic nitrogens is 2. The van der Waals surface area contributed by atoms with Crippen LogP contribution in [0.3, 0.4) is 0 Å². The van der Waals surface area contributed by atoms with Gasteiger partial charge < -0.3 is 5.32 Å². The molecule has 15 heavy (non-hydrogen) atoms. The fourth-order valence-corrected chi connectivity index (χ4v) is 2.11. The molecule has 3 heteroatoms. The zero-order valence-electron chi connectivity index (χ0n) is 9.95. The van der Waals surface area contributed by atoms with Crippen molar-refractivity contribution in [1.29, 1.82) is 0 Å². The average molecular weight is 207 g/mol. The molecule has 84 valence electrons. The Hall–Kier alpha value is -0.830. The minimum absolute atomic E-state index is 0.510. The Morgan fingerprint density at radius 2 is 2.33 bits per heavy atom. The number of nitrogens with one attached hydrogen (secondary N) is 1. The number of hydrogen-bond acceptors (Lipinski definition) is 2. The quantitative estimate of drug-likeness (QED) is 0.802. The third-order valence-corrected chi connectivity index (χ3v) is 3.37. The highest BCUT2D eigenvalue weighted by molar-refractivity contribution is 5.20. The minimum atomic E-state index is 0.510. The molecule has 3 nitrogen and oxygen atoms in total. The van der Waals surface area contributed by atoms with Crippen molar-refractivity contribution < 1.29 is 0 Å². The van der Waals surface area contributed by atoms with E-state index in [-0.39, 0.29) is 0 Å². The standard InChI is InChI=1S/C12H21N3/c1-4-13-12(7-10-5-6-10)11-8-14-15(3)9(11)2/h8,10,12-13H,4-7H2,1-3H3. The second-order valence-electron chi connectivity index (χ2n) is 4.60. The van der Waals surface area contributed by atoms with Gasteiger partial charge in [-0.25, -0.2) is 0 Å². The summed E-state index contributed by atoms with van der Waals surface area (Å²) in [5, 5.41) is 7.89.